The Balaban J connectivity index is 1.99. The molecule has 0 bridgehead atoms. The summed E-state index contributed by atoms with van der Waals surface area (Å²) in [6.07, 6.45) is 0.520. The first-order valence-electron chi connectivity index (χ1n) is 7.04. The zero-order valence-corrected chi connectivity index (χ0v) is 12.4. The molecule has 112 valence electrons. The van der Waals surface area contributed by atoms with Crippen LogP contribution in [0.5, 0.6) is 0 Å². The van der Waals surface area contributed by atoms with Crippen LogP contribution >= 0.6 is 0 Å². The predicted octanol–water partition coefficient (Wildman–Crippen LogP) is 5.38. The molecule has 2 fully saturated rings. The first kappa shape index (κ1) is 15.1. The fourth-order valence-corrected chi connectivity index (χ4v) is 3.71. The molecule has 0 aromatic rings. The zero-order valence-electron chi connectivity index (χ0n) is 12.4. The van der Waals surface area contributed by atoms with Gasteiger partial charge in [0.05, 0.1) is 0 Å². The smallest absolute Gasteiger partial charge is 0.207 e. The largest absolute Gasteiger partial charge is 0.254 e. The first-order valence-corrected chi connectivity index (χ1v) is 7.04. The van der Waals surface area contributed by atoms with Crippen LogP contribution in [-0.4, -0.2) is 11.8 Å². The molecule has 2 aliphatic rings. The number of halogens is 4. The van der Waals surface area contributed by atoms with Gasteiger partial charge >= 0.3 is 0 Å². The maximum absolute atomic E-state index is 14.2. The van der Waals surface area contributed by atoms with E-state index in [1.165, 1.54) is 0 Å². The summed E-state index contributed by atoms with van der Waals surface area (Å²) in [5, 5.41) is 0. The van der Waals surface area contributed by atoms with E-state index in [0.29, 0.717) is 6.42 Å². The molecular weight excluding hydrogens is 256 g/mol. The van der Waals surface area contributed by atoms with Gasteiger partial charge in [-0.2, -0.15) is 0 Å². The van der Waals surface area contributed by atoms with Crippen molar-refractivity contribution in [3.05, 3.63) is 0 Å². The Kier molecular flexibility index (Phi) is 3.09. The lowest BCUT2D eigenvalue weighted by Crippen LogP contribution is -2.55. The number of rotatable bonds is 3. The van der Waals surface area contributed by atoms with E-state index in [2.05, 4.69) is 0 Å². The second kappa shape index (κ2) is 3.88. The Labute approximate surface area is 112 Å². The van der Waals surface area contributed by atoms with Crippen LogP contribution in [0, 0.1) is 28.6 Å². The quantitative estimate of drug-likeness (QED) is 0.609. The molecule has 2 rings (SSSR count). The Morgan fingerprint density at radius 3 is 1.74 bits per heavy atom. The second-order valence-corrected chi connectivity index (χ2v) is 8.24. The van der Waals surface area contributed by atoms with Crippen LogP contribution in [0.15, 0.2) is 0 Å². The third kappa shape index (κ3) is 2.52. The Morgan fingerprint density at radius 2 is 1.42 bits per heavy atom. The molecule has 0 nitrogen and oxygen atoms in total. The molecule has 2 aliphatic carbocycles. The molecule has 2 saturated carbocycles. The van der Waals surface area contributed by atoms with Crippen molar-refractivity contribution >= 4 is 0 Å². The van der Waals surface area contributed by atoms with E-state index in [0.717, 1.165) is 0 Å². The van der Waals surface area contributed by atoms with E-state index >= 15 is 0 Å². The lowest BCUT2D eigenvalue weighted by molar-refractivity contribution is -0.229. The number of hydrogen-bond acceptors (Lipinski definition) is 0. The van der Waals surface area contributed by atoms with Gasteiger partial charge in [-0.1, -0.05) is 34.6 Å². The second-order valence-electron chi connectivity index (χ2n) is 8.24. The van der Waals surface area contributed by atoms with E-state index in [9.17, 15) is 17.6 Å². The first-order chi connectivity index (χ1) is 8.28. The molecule has 0 amide bonds. The monoisotopic (exact) mass is 280 g/mol. The Bertz CT molecular complexity index is 365. The van der Waals surface area contributed by atoms with Crippen molar-refractivity contribution in [2.24, 2.45) is 28.6 Å². The number of hydrogen-bond donors (Lipinski definition) is 0. The van der Waals surface area contributed by atoms with Gasteiger partial charge in [0.15, 0.2) is 0 Å². The Hall–Kier alpha value is -0.280. The maximum atomic E-state index is 14.2. The van der Waals surface area contributed by atoms with Gasteiger partial charge in [-0.05, 0) is 23.7 Å². The van der Waals surface area contributed by atoms with Gasteiger partial charge in [0.1, 0.15) is 0 Å². The van der Waals surface area contributed by atoms with E-state index in [1.807, 2.05) is 20.8 Å². The summed E-state index contributed by atoms with van der Waals surface area (Å²) in [4.78, 5) is 0. The summed E-state index contributed by atoms with van der Waals surface area (Å²) in [6.45, 7) is 8.88. The van der Waals surface area contributed by atoms with Gasteiger partial charge in [0.25, 0.3) is 11.8 Å². The van der Waals surface area contributed by atoms with Crippen molar-refractivity contribution in [3.8, 4) is 0 Å². The minimum Gasteiger partial charge on any atom is -0.207 e. The van der Waals surface area contributed by atoms with E-state index < -0.39 is 40.4 Å². The SMILES string of the molecule is CC(C)(C)C1CC(CC(C)(C)C2CC2(F)F)C1(F)F. The molecule has 0 N–H and O–H groups in total. The highest BCUT2D eigenvalue weighted by Crippen LogP contribution is 2.64. The summed E-state index contributed by atoms with van der Waals surface area (Å²) in [7, 11) is 0. The van der Waals surface area contributed by atoms with E-state index in [1.54, 1.807) is 13.8 Å². The lowest BCUT2D eigenvalue weighted by atomic mass is 9.56. The van der Waals surface area contributed by atoms with Gasteiger partial charge in [0, 0.05) is 24.2 Å². The minimum absolute atomic E-state index is 0.138. The topological polar surface area (TPSA) is 0 Å². The van der Waals surface area contributed by atoms with Crippen molar-refractivity contribution in [3.63, 3.8) is 0 Å². The summed E-state index contributed by atoms with van der Waals surface area (Å²) in [5.74, 6) is -7.42. The molecule has 3 unspecified atom stereocenters. The molecule has 0 aliphatic heterocycles. The molecule has 3 atom stereocenters. The van der Waals surface area contributed by atoms with Gasteiger partial charge in [-0.25, -0.2) is 17.6 Å². The van der Waals surface area contributed by atoms with Gasteiger partial charge in [0.2, 0.25) is 0 Å². The molecule has 0 saturated heterocycles. The predicted molar refractivity (Wildman–Crippen MR) is 67.5 cm³/mol. The molecule has 4 heteroatoms. The van der Waals surface area contributed by atoms with Gasteiger partial charge in [-0.3, -0.25) is 0 Å². The van der Waals surface area contributed by atoms with Crippen LogP contribution in [0.1, 0.15) is 53.9 Å². The van der Waals surface area contributed by atoms with Crippen molar-refractivity contribution in [2.75, 3.05) is 0 Å². The highest BCUT2D eigenvalue weighted by molar-refractivity contribution is 5.08. The fraction of sp³-hybridized carbons (Fsp3) is 1.00. The van der Waals surface area contributed by atoms with Crippen molar-refractivity contribution in [2.45, 2.75) is 65.7 Å². The third-order valence-corrected chi connectivity index (χ3v) is 5.12. The molecule has 0 aromatic carbocycles. The van der Waals surface area contributed by atoms with Gasteiger partial charge in [-0.15, -0.1) is 0 Å². The zero-order chi connectivity index (χ0) is 14.9. The highest BCUT2D eigenvalue weighted by atomic mass is 19.3. The van der Waals surface area contributed by atoms with Crippen LogP contribution in [0.25, 0.3) is 0 Å². The summed E-state index contributed by atoms with van der Waals surface area (Å²) < 4.78 is 54.6. The summed E-state index contributed by atoms with van der Waals surface area (Å²) >= 11 is 0. The van der Waals surface area contributed by atoms with E-state index in [4.69, 9.17) is 0 Å². The normalized spacial score (nSPS) is 36.8. The average Bonchev–Trinajstić information content (AvgIpc) is 2.81. The fourth-order valence-electron chi connectivity index (χ4n) is 3.71. The maximum Gasteiger partial charge on any atom is 0.254 e. The van der Waals surface area contributed by atoms with Crippen molar-refractivity contribution < 1.29 is 17.6 Å². The molecule has 0 spiro atoms. The van der Waals surface area contributed by atoms with Crippen molar-refractivity contribution in [1.29, 1.82) is 0 Å². The van der Waals surface area contributed by atoms with Crippen LogP contribution in [-0.2, 0) is 0 Å². The summed E-state index contributed by atoms with van der Waals surface area (Å²) in [6, 6.07) is 0. The molecular formula is C15H24F4. The van der Waals surface area contributed by atoms with Crippen molar-refractivity contribution in [1.82, 2.24) is 0 Å². The summed E-state index contributed by atoms with van der Waals surface area (Å²) in [5.41, 5.74) is -1.12. The highest BCUT2D eigenvalue weighted by Gasteiger charge is 2.67. The average molecular weight is 280 g/mol. The minimum atomic E-state index is -2.71. The van der Waals surface area contributed by atoms with Crippen LogP contribution in [0.2, 0.25) is 0 Å². The van der Waals surface area contributed by atoms with Crippen LogP contribution in [0.3, 0.4) is 0 Å². The third-order valence-electron chi connectivity index (χ3n) is 5.12. The van der Waals surface area contributed by atoms with Gasteiger partial charge < -0.3 is 0 Å². The molecule has 0 heterocycles. The van der Waals surface area contributed by atoms with Crippen LogP contribution in [0.4, 0.5) is 17.6 Å². The Morgan fingerprint density at radius 1 is 0.947 bits per heavy atom. The molecule has 0 radical (unpaired) electrons. The lowest BCUT2D eigenvalue weighted by Gasteiger charge is -2.52. The standard InChI is InChI=1S/C15H24F4/c1-12(2,3)10-6-9(15(10,18)19)7-13(4,5)11-8-14(11,16)17/h9-11H,6-8H2,1-5H3. The molecule has 0 aromatic heterocycles. The van der Waals surface area contributed by atoms with E-state index in [-0.39, 0.29) is 12.8 Å². The van der Waals surface area contributed by atoms with Crippen LogP contribution < -0.4 is 0 Å². The molecule has 19 heavy (non-hydrogen) atoms. The number of alkyl halides is 4.